The molecule has 100 valence electrons. The number of aryl methyl sites for hydroxylation is 3. The van der Waals surface area contributed by atoms with Crippen LogP contribution in [0.2, 0.25) is 0 Å². The van der Waals surface area contributed by atoms with Gasteiger partial charge in [0.1, 0.15) is 0 Å². The van der Waals surface area contributed by atoms with Gasteiger partial charge in [-0.3, -0.25) is 0 Å². The van der Waals surface area contributed by atoms with Crippen LogP contribution in [0, 0.1) is 0 Å². The zero-order chi connectivity index (χ0) is 13.1. The molecule has 2 heteroatoms. The molecule has 0 fully saturated rings. The lowest BCUT2D eigenvalue weighted by molar-refractivity contribution is 0.619. The van der Waals surface area contributed by atoms with Crippen LogP contribution >= 0.6 is 11.3 Å². The van der Waals surface area contributed by atoms with Gasteiger partial charge >= 0.3 is 0 Å². The van der Waals surface area contributed by atoms with Crippen LogP contribution in [0.1, 0.15) is 46.2 Å². The van der Waals surface area contributed by atoms with E-state index in [4.69, 9.17) is 5.73 Å². The lowest BCUT2D eigenvalue weighted by Crippen LogP contribution is -2.08. The summed E-state index contributed by atoms with van der Waals surface area (Å²) < 4.78 is 0. The van der Waals surface area contributed by atoms with E-state index in [-0.39, 0.29) is 6.04 Å². The van der Waals surface area contributed by atoms with Crippen molar-refractivity contribution in [2.24, 2.45) is 5.73 Å². The van der Waals surface area contributed by atoms with Gasteiger partial charge in [-0.2, -0.15) is 0 Å². The molecule has 2 aromatic rings. The molecule has 0 bridgehead atoms. The number of hydrogen-bond acceptors (Lipinski definition) is 2. The lowest BCUT2D eigenvalue weighted by atomic mass is 10.0. The van der Waals surface area contributed by atoms with Crippen molar-refractivity contribution in [3.63, 3.8) is 0 Å². The Bertz CT molecular complexity index is 508. The van der Waals surface area contributed by atoms with Crippen LogP contribution in [-0.4, -0.2) is 0 Å². The van der Waals surface area contributed by atoms with Crippen molar-refractivity contribution in [3.8, 4) is 0 Å². The van der Waals surface area contributed by atoms with Crippen molar-refractivity contribution in [2.45, 2.75) is 44.6 Å². The van der Waals surface area contributed by atoms with E-state index in [9.17, 15) is 0 Å². The Hall–Kier alpha value is -1.12. The monoisotopic (exact) mass is 271 g/mol. The number of nitrogens with two attached hydrogens (primary N) is 1. The SMILES string of the molecule is NC(CCCc1ccccc1)c1cc2c(s1)CCC2. The highest BCUT2D eigenvalue weighted by Gasteiger charge is 2.17. The van der Waals surface area contributed by atoms with E-state index in [0.29, 0.717) is 0 Å². The van der Waals surface area contributed by atoms with E-state index < -0.39 is 0 Å². The van der Waals surface area contributed by atoms with E-state index in [0.717, 1.165) is 12.8 Å². The van der Waals surface area contributed by atoms with Crippen LogP contribution < -0.4 is 5.73 Å². The Labute approximate surface area is 119 Å². The van der Waals surface area contributed by atoms with Gasteiger partial charge in [0.25, 0.3) is 0 Å². The highest BCUT2D eigenvalue weighted by molar-refractivity contribution is 7.12. The minimum absolute atomic E-state index is 0.235. The first-order chi connectivity index (χ1) is 9.33. The molecule has 1 atom stereocenters. The minimum Gasteiger partial charge on any atom is -0.323 e. The van der Waals surface area contributed by atoms with Crippen LogP contribution in [0.5, 0.6) is 0 Å². The molecule has 1 aliphatic carbocycles. The molecule has 2 N–H and O–H groups in total. The quantitative estimate of drug-likeness (QED) is 0.864. The molecular formula is C17H21NS. The van der Waals surface area contributed by atoms with E-state index in [1.807, 2.05) is 11.3 Å². The summed E-state index contributed by atoms with van der Waals surface area (Å²) in [6, 6.07) is 13.3. The maximum Gasteiger partial charge on any atom is 0.0390 e. The summed E-state index contributed by atoms with van der Waals surface area (Å²) >= 11 is 1.95. The summed E-state index contributed by atoms with van der Waals surface area (Å²) in [5, 5.41) is 0. The third kappa shape index (κ3) is 3.07. The minimum atomic E-state index is 0.235. The van der Waals surface area contributed by atoms with Gasteiger partial charge in [-0.05, 0) is 55.7 Å². The normalized spacial score (nSPS) is 15.4. The maximum absolute atomic E-state index is 6.33. The number of hydrogen-bond donors (Lipinski definition) is 1. The Kier molecular flexibility index (Phi) is 4.00. The second-order valence-electron chi connectivity index (χ2n) is 5.44. The molecule has 0 aliphatic heterocycles. The fourth-order valence-corrected chi connectivity index (χ4v) is 4.14. The highest BCUT2D eigenvalue weighted by Crippen LogP contribution is 2.34. The first-order valence-corrected chi connectivity index (χ1v) is 8.05. The van der Waals surface area contributed by atoms with Gasteiger partial charge < -0.3 is 5.73 Å². The Balaban J connectivity index is 1.52. The largest absolute Gasteiger partial charge is 0.323 e. The molecule has 19 heavy (non-hydrogen) atoms. The summed E-state index contributed by atoms with van der Waals surface area (Å²) in [5.41, 5.74) is 9.32. The topological polar surface area (TPSA) is 26.0 Å². The van der Waals surface area contributed by atoms with Crippen molar-refractivity contribution in [3.05, 3.63) is 57.3 Å². The van der Waals surface area contributed by atoms with Gasteiger partial charge in [-0.15, -0.1) is 11.3 Å². The molecule has 0 amide bonds. The third-order valence-electron chi connectivity index (χ3n) is 3.95. The van der Waals surface area contributed by atoms with Crippen LogP contribution in [0.3, 0.4) is 0 Å². The number of rotatable bonds is 5. The summed E-state index contributed by atoms with van der Waals surface area (Å²) in [5.74, 6) is 0. The van der Waals surface area contributed by atoms with Gasteiger partial charge in [0, 0.05) is 15.8 Å². The third-order valence-corrected chi connectivity index (χ3v) is 5.32. The van der Waals surface area contributed by atoms with Crippen molar-refractivity contribution < 1.29 is 0 Å². The average molecular weight is 271 g/mol. The van der Waals surface area contributed by atoms with Gasteiger partial charge in [0.05, 0.1) is 0 Å². The molecule has 0 saturated carbocycles. The second-order valence-corrected chi connectivity index (χ2v) is 6.60. The van der Waals surface area contributed by atoms with Crippen LogP contribution in [0.25, 0.3) is 0 Å². The highest BCUT2D eigenvalue weighted by atomic mass is 32.1. The molecule has 3 rings (SSSR count). The molecule has 0 radical (unpaired) electrons. The summed E-state index contributed by atoms with van der Waals surface area (Å²) in [7, 11) is 0. The molecule has 0 spiro atoms. The molecule has 0 saturated heterocycles. The van der Waals surface area contributed by atoms with E-state index >= 15 is 0 Å². The van der Waals surface area contributed by atoms with Gasteiger partial charge in [0.2, 0.25) is 0 Å². The first kappa shape index (κ1) is 12.9. The van der Waals surface area contributed by atoms with Gasteiger partial charge in [0.15, 0.2) is 0 Å². The zero-order valence-corrected chi connectivity index (χ0v) is 12.1. The molecule has 1 aliphatic rings. The zero-order valence-electron chi connectivity index (χ0n) is 11.3. The van der Waals surface area contributed by atoms with Crippen molar-refractivity contribution in [1.82, 2.24) is 0 Å². The van der Waals surface area contributed by atoms with Gasteiger partial charge in [-0.25, -0.2) is 0 Å². The van der Waals surface area contributed by atoms with Gasteiger partial charge in [-0.1, -0.05) is 30.3 Å². The number of benzene rings is 1. The molecule has 1 aromatic carbocycles. The summed E-state index contributed by atoms with van der Waals surface area (Å²) in [6.45, 7) is 0. The van der Waals surface area contributed by atoms with E-state index in [1.165, 1.54) is 36.1 Å². The second kappa shape index (κ2) is 5.89. The molecular weight excluding hydrogens is 250 g/mol. The predicted octanol–water partition coefficient (Wildman–Crippen LogP) is 4.26. The maximum atomic E-state index is 6.33. The van der Waals surface area contributed by atoms with Crippen LogP contribution in [0.15, 0.2) is 36.4 Å². The Morgan fingerprint density at radius 3 is 2.79 bits per heavy atom. The fourth-order valence-electron chi connectivity index (χ4n) is 2.85. The molecule has 1 heterocycles. The first-order valence-electron chi connectivity index (χ1n) is 7.24. The van der Waals surface area contributed by atoms with Crippen LogP contribution in [-0.2, 0) is 19.3 Å². The molecule has 1 aromatic heterocycles. The number of fused-ring (bicyclic) bond motifs is 1. The average Bonchev–Trinajstić information content (AvgIpc) is 3.00. The van der Waals surface area contributed by atoms with Crippen molar-refractivity contribution >= 4 is 11.3 Å². The molecule has 1 nitrogen and oxygen atoms in total. The Morgan fingerprint density at radius 1 is 1.16 bits per heavy atom. The van der Waals surface area contributed by atoms with Crippen LogP contribution in [0.4, 0.5) is 0 Å². The Morgan fingerprint density at radius 2 is 2.00 bits per heavy atom. The van der Waals surface area contributed by atoms with Crippen molar-refractivity contribution in [2.75, 3.05) is 0 Å². The van der Waals surface area contributed by atoms with Crippen molar-refractivity contribution in [1.29, 1.82) is 0 Å². The predicted molar refractivity (Wildman–Crippen MR) is 82.7 cm³/mol. The standard InChI is InChI=1S/C17H21NS/c18-15(10-4-8-13-6-2-1-3-7-13)17-12-14-9-5-11-16(14)19-17/h1-3,6-7,12,15H,4-5,8-11,18H2. The van der Waals surface area contributed by atoms with E-state index in [1.54, 1.807) is 10.4 Å². The summed E-state index contributed by atoms with van der Waals surface area (Å²) in [4.78, 5) is 2.99. The van der Waals surface area contributed by atoms with E-state index in [2.05, 4.69) is 36.4 Å². The lowest BCUT2D eigenvalue weighted by Gasteiger charge is -2.09. The molecule has 1 unspecified atom stereocenters. The number of thiophene rings is 1. The summed E-state index contributed by atoms with van der Waals surface area (Å²) in [6.07, 6.45) is 7.28. The smallest absolute Gasteiger partial charge is 0.0390 e. The fraction of sp³-hybridized carbons (Fsp3) is 0.412.